The number of amides is 4. The van der Waals surface area contributed by atoms with Crippen molar-refractivity contribution in [2.45, 2.75) is 64.6 Å². The van der Waals surface area contributed by atoms with E-state index < -0.39 is 5.66 Å². The van der Waals surface area contributed by atoms with E-state index in [0.29, 0.717) is 37.2 Å². The maximum absolute atomic E-state index is 13.3. The number of piperidine rings is 1. The first-order valence-corrected chi connectivity index (χ1v) is 11.5. The Morgan fingerprint density at radius 2 is 1.97 bits per heavy atom. The van der Waals surface area contributed by atoms with Gasteiger partial charge in [0.25, 0.3) is 5.91 Å². The highest BCUT2D eigenvalue weighted by molar-refractivity contribution is 6.10. The first-order chi connectivity index (χ1) is 15.2. The van der Waals surface area contributed by atoms with Crippen LogP contribution in [-0.4, -0.2) is 64.8 Å². The lowest BCUT2D eigenvalue weighted by atomic mass is 9.98. The molecule has 8 heteroatoms. The highest BCUT2D eigenvalue weighted by Crippen LogP contribution is 2.44. The molecular formula is C24H32N4O4. The van der Waals surface area contributed by atoms with Crippen molar-refractivity contribution in [3.63, 3.8) is 0 Å². The van der Waals surface area contributed by atoms with Gasteiger partial charge in [-0.05, 0) is 38.3 Å². The van der Waals surface area contributed by atoms with E-state index in [0.717, 1.165) is 12.8 Å². The van der Waals surface area contributed by atoms with Crippen molar-refractivity contribution >= 4 is 29.3 Å². The predicted octanol–water partition coefficient (Wildman–Crippen LogP) is 2.14. The number of hydrogen-bond acceptors (Lipinski definition) is 4. The lowest BCUT2D eigenvalue weighted by molar-refractivity contribution is -0.134. The van der Waals surface area contributed by atoms with Crippen LogP contribution in [0.4, 0.5) is 5.69 Å². The van der Waals surface area contributed by atoms with E-state index in [4.69, 9.17) is 0 Å². The van der Waals surface area contributed by atoms with Gasteiger partial charge in [-0.1, -0.05) is 26.0 Å². The molecule has 8 nitrogen and oxygen atoms in total. The molecule has 2 fully saturated rings. The van der Waals surface area contributed by atoms with Gasteiger partial charge in [0, 0.05) is 44.4 Å². The smallest absolute Gasteiger partial charge is 0.257 e. The highest BCUT2D eigenvalue weighted by atomic mass is 16.2. The Morgan fingerprint density at radius 3 is 2.72 bits per heavy atom. The van der Waals surface area contributed by atoms with E-state index in [2.05, 4.69) is 5.32 Å². The minimum Gasteiger partial charge on any atom is -0.351 e. The number of likely N-dealkylation sites (tertiary alicyclic amines) is 1. The largest absolute Gasteiger partial charge is 0.351 e. The van der Waals surface area contributed by atoms with Crippen molar-refractivity contribution in [2.24, 2.45) is 5.92 Å². The van der Waals surface area contributed by atoms with Crippen LogP contribution in [0.2, 0.25) is 0 Å². The first-order valence-electron chi connectivity index (χ1n) is 11.5. The second-order valence-electron chi connectivity index (χ2n) is 9.51. The van der Waals surface area contributed by atoms with Gasteiger partial charge in [-0.2, -0.15) is 0 Å². The molecule has 0 unspecified atom stereocenters. The molecule has 32 heavy (non-hydrogen) atoms. The van der Waals surface area contributed by atoms with Crippen molar-refractivity contribution in [2.75, 3.05) is 24.5 Å². The third-order valence-electron chi connectivity index (χ3n) is 6.94. The van der Waals surface area contributed by atoms with Crippen LogP contribution in [0.25, 0.3) is 0 Å². The summed E-state index contributed by atoms with van der Waals surface area (Å²) in [5.41, 5.74) is 0.408. The summed E-state index contributed by atoms with van der Waals surface area (Å²) in [6, 6.07) is 7.15. The van der Waals surface area contributed by atoms with Crippen LogP contribution in [0.5, 0.6) is 0 Å². The SMILES string of the molecule is CC(C)C(=O)N[C@H]1CCCN(C(=O)CCN2C(=O)c3ccccc3N3C(=O)CC[C@]23C)C1. The molecule has 0 radical (unpaired) electrons. The molecule has 2 saturated heterocycles. The maximum atomic E-state index is 13.3. The van der Waals surface area contributed by atoms with Gasteiger partial charge in [-0.3, -0.25) is 24.1 Å². The minimum atomic E-state index is -0.752. The van der Waals surface area contributed by atoms with Gasteiger partial charge in [-0.25, -0.2) is 0 Å². The Balaban J connectivity index is 1.45. The molecule has 3 heterocycles. The van der Waals surface area contributed by atoms with Gasteiger partial charge in [0.2, 0.25) is 17.7 Å². The maximum Gasteiger partial charge on any atom is 0.257 e. The molecule has 4 amide bonds. The second-order valence-corrected chi connectivity index (χ2v) is 9.51. The van der Waals surface area contributed by atoms with Gasteiger partial charge in [0.15, 0.2) is 0 Å². The normalized spacial score (nSPS) is 25.1. The quantitative estimate of drug-likeness (QED) is 0.760. The van der Waals surface area contributed by atoms with Crippen LogP contribution < -0.4 is 10.2 Å². The summed E-state index contributed by atoms with van der Waals surface area (Å²) >= 11 is 0. The molecule has 1 aromatic rings. The molecule has 3 aliphatic heterocycles. The Kier molecular flexibility index (Phi) is 5.97. The average molecular weight is 441 g/mol. The molecule has 3 aliphatic rings. The zero-order valence-electron chi connectivity index (χ0n) is 19.1. The molecule has 4 rings (SSSR count). The number of nitrogens with one attached hydrogen (secondary N) is 1. The third-order valence-corrected chi connectivity index (χ3v) is 6.94. The zero-order valence-corrected chi connectivity index (χ0v) is 19.1. The fraction of sp³-hybridized carbons (Fsp3) is 0.583. The fourth-order valence-corrected chi connectivity index (χ4v) is 5.10. The van der Waals surface area contributed by atoms with Crippen LogP contribution in [0.15, 0.2) is 24.3 Å². The standard InChI is InChI=1S/C24H32N4O4/c1-16(2)22(31)25-17-7-6-13-26(15-17)20(29)11-14-27-23(32)18-8-4-5-9-19(18)28-21(30)10-12-24(27,28)3/h4-5,8-9,16-17H,6-7,10-15H2,1-3H3,(H,25,31)/t17-,24+/m0/s1. The van der Waals surface area contributed by atoms with E-state index in [1.807, 2.05) is 32.9 Å². The summed E-state index contributed by atoms with van der Waals surface area (Å²) in [4.78, 5) is 56.2. The summed E-state index contributed by atoms with van der Waals surface area (Å²) in [6.45, 7) is 7.03. The second kappa shape index (κ2) is 8.56. The van der Waals surface area contributed by atoms with Crippen molar-refractivity contribution < 1.29 is 19.2 Å². The zero-order chi connectivity index (χ0) is 23.0. The summed E-state index contributed by atoms with van der Waals surface area (Å²) in [7, 11) is 0. The number of fused-ring (bicyclic) bond motifs is 3. The topological polar surface area (TPSA) is 90.0 Å². The van der Waals surface area contributed by atoms with Crippen LogP contribution in [0.1, 0.15) is 63.2 Å². The molecule has 0 aromatic heterocycles. The number of rotatable bonds is 5. The molecule has 172 valence electrons. The molecular weight excluding hydrogens is 408 g/mol. The van der Waals surface area contributed by atoms with Gasteiger partial charge < -0.3 is 15.1 Å². The Labute approximate surface area is 188 Å². The van der Waals surface area contributed by atoms with Crippen molar-refractivity contribution in [1.29, 1.82) is 0 Å². The molecule has 0 spiro atoms. The first kappa shape index (κ1) is 22.3. The predicted molar refractivity (Wildman–Crippen MR) is 120 cm³/mol. The van der Waals surface area contributed by atoms with E-state index >= 15 is 0 Å². The summed E-state index contributed by atoms with van der Waals surface area (Å²) < 4.78 is 0. The third kappa shape index (κ3) is 3.87. The highest BCUT2D eigenvalue weighted by Gasteiger charge is 2.52. The number of hydrogen-bond donors (Lipinski definition) is 1. The lowest BCUT2D eigenvalue weighted by Crippen LogP contribution is -2.62. The number of anilines is 1. The number of nitrogens with zero attached hydrogens (tertiary/aromatic N) is 3. The van der Waals surface area contributed by atoms with Gasteiger partial charge in [0.05, 0.1) is 11.3 Å². The Hall–Kier alpha value is -2.90. The molecule has 2 atom stereocenters. The number of benzene rings is 1. The molecule has 0 aliphatic carbocycles. The summed E-state index contributed by atoms with van der Waals surface area (Å²) in [5, 5.41) is 3.03. The number of carbonyl (C=O) groups is 4. The lowest BCUT2D eigenvalue weighted by Gasteiger charge is -2.48. The van der Waals surface area contributed by atoms with Crippen molar-refractivity contribution in [3.05, 3.63) is 29.8 Å². The van der Waals surface area contributed by atoms with Crippen molar-refractivity contribution in [1.82, 2.24) is 15.1 Å². The number of para-hydroxylation sites is 1. The van der Waals surface area contributed by atoms with Gasteiger partial charge in [0.1, 0.15) is 5.66 Å². The Morgan fingerprint density at radius 1 is 1.22 bits per heavy atom. The van der Waals surface area contributed by atoms with E-state index in [-0.39, 0.29) is 48.6 Å². The Bertz CT molecular complexity index is 946. The fourth-order valence-electron chi connectivity index (χ4n) is 5.10. The minimum absolute atomic E-state index is 0.000736. The van der Waals surface area contributed by atoms with E-state index in [1.165, 1.54) is 0 Å². The van der Waals surface area contributed by atoms with Crippen LogP contribution >= 0.6 is 0 Å². The van der Waals surface area contributed by atoms with Crippen LogP contribution in [0, 0.1) is 5.92 Å². The number of carbonyl (C=O) groups excluding carboxylic acids is 4. The van der Waals surface area contributed by atoms with Crippen LogP contribution in [0.3, 0.4) is 0 Å². The molecule has 0 saturated carbocycles. The molecule has 1 N–H and O–H groups in total. The van der Waals surface area contributed by atoms with Crippen LogP contribution in [-0.2, 0) is 14.4 Å². The van der Waals surface area contributed by atoms with Gasteiger partial charge >= 0.3 is 0 Å². The summed E-state index contributed by atoms with van der Waals surface area (Å²) in [6.07, 6.45) is 2.82. The van der Waals surface area contributed by atoms with E-state index in [9.17, 15) is 19.2 Å². The molecule has 0 bridgehead atoms. The average Bonchev–Trinajstić information content (AvgIpc) is 3.08. The molecule has 1 aromatic carbocycles. The van der Waals surface area contributed by atoms with E-state index in [1.54, 1.807) is 26.8 Å². The monoisotopic (exact) mass is 440 g/mol. The van der Waals surface area contributed by atoms with Gasteiger partial charge in [-0.15, -0.1) is 0 Å². The van der Waals surface area contributed by atoms with Crippen molar-refractivity contribution in [3.8, 4) is 0 Å². The summed E-state index contributed by atoms with van der Waals surface area (Å²) in [5.74, 6) is -0.251.